The van der Waals surface area contributed by atoms with Crippen LogP contribution in [-0.2, 0) is 4.74 Å². The van der Waals surface area contributed by atoms with Gasteiger partial charge >= 0.3 is 0 Å². The van der Waals surface area contributed by atoms with Gasteiger partial charge in [-0.3, -0.25) is 4.90 Å². The Kier molecular flexibility index (Phi) is 6.14. The first-order chi connectivity index (χ1) is 14.5. The molecule has 2 aromatic carbocycles. The van der Waals surface area contributed by atoms with Gasteiger partial charge in [-0.25, -0.2) is 0 Å². The van der Waals surface area contributed by atoms with E-state index in [4.69, 9.17) is 10.5 Å². The molecule has 30 heavy (non-hydrogen) atoms. The summed E-state index contributed by atoms with van der Waals surface area (Å²) in [5.74, 6) is 0.775. The fourth-order valence-electron chi connectivity index (χ4n) is 3.96. The van der Waals surface area contributed by atoms with Crippen LogP contribution in [0.5, 0.6) is 0 Å². The highest BCUT2D eigenvalue weighted by atomic mass is 79.9. The molecule has 2 aliphatic heterocycles. The van der Waals surface area contributed by atoms with E-state index >= 15 is 0 Å². The molecule has 0 aromatic heterocycles. The van der Waals surface area contributed by atoms with E-state index in [9.17, 15) is 5.26 Å². The number of halogens is 2. The second-order valence-corrected chi connectivity index (χ2v) is 9.19. The Balaban J connectivity index is 1.86. The van der Waals surface area contributed by atoms with Gasteiger partial charge in [0.25, 0.3) is 0 Å². The van der Waals surface area contributed by atoms with Gasteiger partial charge in [0.05, 0.1) is 5.92 Å². The van der Waals surface area contributed by atoms with Crippen molar-refractivity contribution in [2.45, 2.75) is 12.8 Å². The average Bonchev–Trinajstić information content (AvgIpc) is 2.75. The summed E-state index contributed by atoms with van der Waals surface area (Å²) in [6.07, 6.45) is 2.15. The first-order valence-electron chi connectivity index (χ1n) is 9.75. The lowest BCUT2D eigenvalue weighted by molar-refractivity contribution is 0.239. The molecule has 0 fully saturated rings. The highest BCUT2D eigenvalue weighted by Gasteiger charge is 2.37. The molecule has 1 atom stereocenters. The first kappa shape index (κ1) is 20.9. The lowest BCUT2D eigenvalue weighted by Crippen LogP contribution is -2.38. The van der Waals surface area contributed by atoms with Crippen molar-refractivity contribution >= 4 is 37.9 Å². The van der Waals surface area contributed by atoms with Crippen LogP contribution in [0, 0.1) is 11.3 Å². The summed E-state index contributed by atoms with van der Waals surface area (Å²) in [7, 11) is 0. The van der Waals surface area contributed by atoms with E-state index in [-0.39, 0.29) is 11.8 Å². The topological polar surface area (TPSA) is 62.3 Å². The van der Waals surface area contributed by atoms with E-state index in [2.05, 4.69) is 68.0 Å². The molecule has 2 heterocycles. The minimum atomic E-state index is -0.213. The number of ether oxygens (including phenoxy) is 1. The zero-order chi connectivity index (χ0) is 21.3. The molecule has 2 N–H and O–H groups in total. The molecule has 0 amide bonds. The molecule has 0 bridgehead atoms. The summed E-state index contributed by atoms with van der Waals surface area (Å²) in [5, 5.41) is 9.86. The van der Waals surface area contributed by atoms with E-state index in [1.807, 2.05) is 36.4 Å². The number of nitriles is 1. The van der Waals surface area contributed by atoms with Crippen LogP contribution < -0.4 is 5.73 Å². The van der Waals surface area contributed by atoms with Crippen molar-refractivity contribution in [3.8, 4) is 6.07 Å². The van der Waals surface area contributed by atoms with Gasteiger partial charge in [0, 0.05) is 27.6 Å². The monoisotopic (exact) mass is 525 g/mol. The Morgan fingerprint density at radius 1 is 1.10 bits per heavy atom. The van der Waals surface area contributed by atoms with Crippen molar-refractivity contribution in [3.63, 3.8) is 0 Å². The maximum absolute atomic E-state index is 9.86. The fourth-order valence-corrected chi connectivity index (χ4v) is 4.49. The van der Waals surface area contributed by atoms with Crippen LogP contribution in [0.4, 0.5) is 0 Å². The Morgan fingerprint density at radius 2 is 1.73 bits per heavy atom. The maximum atomic E-state index is 9.86. The van der Waals surface area contributed by atoms with Crippen LogP contribution in [0.3, 0.4) is 0 Å². The molecule has 1 unspecified atom stereocenters. The fraction of sp³-hybridized carbons (Fsp3) is 0.208. The number of rotatable bonds is 3. The minimum absolute atomic E-state index is 0.191. The van der Waals surface area contributed by atoms with Crippen LogP contribution in [0.25, 0.3) is 6.08 Å². The zero-order valence-corrected chi connectivity index (χ0v) is 19.7. The molecule has 4 nitrogen and oxygen atoms in total. The zero-order valence-electron chi connectivity index (χ0n) is 16.5. The highest BCUT2D eigenvalue weighted by molar-refractivity contribution is 9.10. The molecule has 0 radical (unpaired) electrons. The number of nitrogens with two attached hydrogens (primary N) is 1. The van der Waals surface area contributed by atoms with Crippen molar-refractivity contribution in [2.75, 3.05) is 19.6 Å². The standard InChI is InChI=1S/C24H21Br2N3O/c1-2-29-13-17(11-15-3-7-18(25)8-4-15)23-21(14-29)22(20(12-27)24(28)30-23)16-5-9-19(26)10-6-16/h3-11,22H,2,13-14,28H2,1H3. The van der Waals surface area contributed by atoms with Crippen molar-refractivity contribution < 1.29 is 4.74 Å². The van der Waals surface area contributed by atoms with Crippen molar-refractivity contribution in [1.29, 1.82) is 5.26 Å². The van der Waals surface area contributed by atoms with Crippen LogP contribution in [-0.4, -0.2) is 24.5 Å². The number of likely N-dealkylation sites (N-methyl/N-ethyl adjacent to an activating group) is 1. The van der Waals surface area contributed by atoms with Crippen molar-refractivity contribution in [3.05, 3.63) is 97.0 Å². The summed E-state index contributed by atoms with van der Waals surface area (Å²) in [6, 6.07) is 18.5. The van der Waals surface area contributed by atoms with E-state index in [0.29, 0.717) is 5.57 Å². The SMILES string of the molecule is CCN1CC(=Cc2ccc(Br)cc2)C2=C(C1)C(c1ccc(Br)cc1)C(C#N)=C(N)O2. The summed E-state index contributed by atoms with van der Waals surface area (Å²) in [5.41, 5.74) is 11.0. The Morgan fingerprint density at radius 3 is 2.33 bits per heavy atom. The number of hydrogen-bond donors (Lipinski definition) is 1. The Hall–Kier alpha value is -2.33. The number of hydrogen-bond acceptors (Lipinski definition) is 4. The molecule has 2 aliphatic rings. The van der Waals surface area contributed by atoms with E-state index in [1.54, 1.807) is 0 Å². The molecule has 0 spiro atoms. The molecule has 0 saturated carbocycles. The smallest absolute Gasteiger partial charge is 0.205 e. The van der Waals surface area contributed by atoms with Crippen LogP contribution in [0.2, 0.25) is 0 Å². The predicted octanol–water partition coefficient (Wildman–Crippen LogP) is 5.69. The molecule has 0 aliphatic carbocycles. The first-order valence-corrected chi connectivity index (χ1v) is 11.3. The number of benzene rings is 2. The van der Waals surface area contributed by atoms with Gasteiger partial charge in [-0.05, 0) is 53.6 Å². The lowest BCUT2D eigenvalue weighted by Gasteiger charge is -2.38. The average molecular weight is 527 g/mol. The second kappa shape index (κ2) is 8.81. The second-order valence-electron chi connectivity index (χ2n) is 7.36. The molecule has 0 saturated heterocycles. The van der Waals surface area contributed by atoms with Gasteiger partial charge in [0.15, 0.2) is 0 Å². The third kappa shape index (κ3) is 4.11. The molecular weight excluding hydrogens is 506 g/mol. The maximum Gasteiger partial charge on any atom is 0.205 e. The number of nitrogens with zero attached hydrogens (tertiary/aromatic N) is 2. The molecule has 4 rings (SSSR count). The summed E-state index contributed by atoms with van der Waals surface area (Å²) in [6.45, 7) is 4.56. The van der Waals surface area contributed by atoms with Crippen LogP contribution in [0.1, 0.15) is 24.0 Å². The van der Waals surface area contributed by atoms with Gasteiger partial charge in [-0.1, -0.05) is 63.0 Å². The largest absolute Gasteiger partial charge is 0.440 e. The molecule has 6 heteroatoms. The summed E-state index contributed by atoms with van der Waals surface area (Å²) >= 11 is 6.98. The number of allylic oxidation sites excluding steroid dienone is 1. The molecule has 152 valence electrons. The third-order valence-corrected chi connectivity index (χ3v) is 6.53. The molecule has 2 aromatic rings. The lowest BCUT2D eigenvalue weighted by atomic mass is 9.80. The molecular formula is C24H21Br2N3O. The Bertz CT molecular complexity index is 1090. The van der Waals surface area contributed by atoms with Gasteiger partial charge < -0.3 is 10.5 Å². The minimum Gasteiger partial charge on any atom is -0.440 e. The van der Waals surface area contributed by atoms with E-state index in [1.165, 1.54) is 0 Å². The van der Waals surface area contributed by atoms with Gasteiger partial charge in [-0.15, -0.1) is 0 Å². The van der Waals surface area contributed by atoms with Crippen molar-refractivity contribution in [2.24, 2.45) is 5.73 Å². The van der Waals surface area contributed by atoms with Crippen LogP contribution in [0.15, 0.2) is 85.8 Å². The van der Waals surface area contributed by atoms with Gasteiger partial charge in [0.1, 0.15) is 17.4 Å². The third-order valence-electron chi connectivity index (χ3n) is 5.47. The Labute approximate surface area is 193 Å². The van der Waals surface area contributed by atoms with Crippen molar-refractivity contribution in [1.82, 2.24) is 4.90 Å². The van der Waals surface area contributed by atoms with E-state index < -0.39 is 0 Å². The summed E-state index contributed by atoms with van der Waals surface area (Å²) < 4.78 is 8.11. The van der Waals surface area contributed by atoms with Crippen LogP contribution >= 0.6 is 31.9 Å². The van der Waals surface area contributed by atoms with Gasteiger partial charge in [0.2, 0.25) is 5.88 Å². The predicted molar refractivity (Wildman–Crippen MR) is 126 cm³/mol. The van der Waals surface area contributed by atoms with E-state index in [0.717, 1.165) is 56.6 Å². The van der Waals surface area contributed by atoms with Gasteiger partial charge in [-0.2, -0.15) is 5.26 Å². The quantitative estimate of drug-likeness (QED) is 0.557. The normalized spacial score (nSPS) is 20.7. The summed E-state index contributed by atoms with van der Waals surface area (Å²) in [4.78, 5) is 2.36. The highest BCUT2D eigenvalue weighted by Crippen LogP contribution is 2.43.